The zero-order chi connectivity index (χ0) is 22.3. The molecule has 1 aliphatic rings. The number of hydrogen-bond donors (Lipinski definition) is 2. The number of pyridine rings is 1. The number of rotatable bonds is 8. The molecule has 3 aromatic rings. The van der Waals surface area contributed by atoms with Crippen molar-refractivity contribution in [1.29, 1.82) is 0 Å². The molecule has 7 nitrogen and oxygen atoms in total. The van der Waals surface area contributed by atoms with Gasteiger partial charge in [0.05, 0.1) is 13.2 Å². The van der Waals surface area contributed by atoms with E-state index in [2.05, 4.69) is 14.6 Å². The quantitative estimate of drug-likeness (QED) is 0.387. The molecule has 1 amide bonds. The number of methoxy groups -OCH3 is 1. The minimum Gasteiger partial charge on any atom is -0.497 e. The normalized spacial score (nSPS) is 17.1. The summed E-state index contributed by atoms with van der Waals surface area (Å²) in [5.74, 6) is 6.40. The van der Waals surface area contributed by atoms with Crippen molar-refractivity contribution in [1.82, 2.24) is 9.29 Å². The van der Waals surface area contributed by atoms with Crippen LogP contribution in [0.4, 0.5) is 5.69 Å². The molecule has 1 aliphatic heterocycles. The van der Waals surface area contributed by atoms with E-state index in [0.29, 0.717) is 11.3 Å². The molecular weight excluding hydrogens is 424 g/mol. The van der Waals surface area contributed by atoms with Crippen LogP contribution >= 0.6 is 11.9 Å². The van der Waals surface area contributed by atoms with E-state index in [4.69, 9.17) is 15.5 Å². The minimum absolute atomic E-state index is 0.128. The van der Waals surface area contributed by atoms with Gasteiger partial charge in [-0.25, -0.2) is 10.2 Å². The summed E-state index contributed by atoms with van der Waals surface area (Å²) in [7, 11) is 1.66. The van der Waals surface area contributed by atoms with Crippen molar-refractivity contribution in [3.63, 3.8) is 0 Å². The molecule has 166 valence electrons. The van der Waals surface area contributed by atoms with Crippen molar-refractivity contribution < 1.29 is 14.4 Å². The molecule has 2 unspecified atom stereocenters. The van der Waals surface area contributed by atoms with Crippen LogP contribution in [0, 0.1) is 0 Å². The molecule has 1 fully saturated rings. The molecule has 0 spiro atoms. The van der Waals surface area contributed by atoms with Crippen molar-refractivity contribution in [3.8, 4) is 5.75 Å². The average Bonchev–Trinajstić information content (AvgIpc) is 3.29. The number of carbonyl (C=O) groups excluding carboxylic acids is 1. The summed E-state index contributed by atoms with van der Waals surface area (Å²) < 4.78 is 7.57. The molecule has 8 heteroatoms. The van der Waals surface area contributed by atoms with Gasteiger partial charge in [-0.05, 0) is 78.9 Å². The maximum atomic E-state index is 12.5. The molecular formula is C24H26N4O3S. The fraction of sp³-hybridized carbons (Fsp3) is 0.250. The molecule has 32 heavy (non-hydrogen) atoms. The number of ether oxygens (including phenoxy) is 1. The van der Waals surface area contributed by atoms with Gasteiger partial charge >= 0.3 is 0 Å². The van der Waals surface area contributed by atoms with E-state index in [1.54, 1.807) is 55.7 Å². The van der Waals surface area contributed by atoms with Crippen LogP contribution in [0.1, 0.15) is 34.9 Å². The highest BCUT2D eigenvalue weighted by Crippen LogP contribution is 2.38. The first-order valence-electron chi connectivity index (χ1n) is 10.4. The number of nitrogens with one attached hydrogen (secondary N) is 1. The fourth-order valence-electron chi connectivity index (χ4n) is 3.81. The maximum Gasteiger partial charge on any atom is 0.255 e. The molecule has 2 heterocycles. The van der Waals surface area contributed by atoms with Gasteiger partial charge in [0, 0.05) is 35.1 Å². The van der Waals surface area contributed by atoms with Crippen molar-refractivity contribution >= 4 is 23.5 Å². The smallest absolute Gasteiger partial charge is 0.255 e. The maximum absolute atomic E-state index is 12.5. The van der Waals surface area contributed by atoms with E-state index in [1.807, 2.05) is 36.4 Å². The number of aromatic nitrogens is 1. The molecule has 3 N–H and O–H groups in total. The third-order valence-electron chi connectivity index (χ3n) is 5.47. The molecule has 2 atom stereocenters. The number of carbonyl (C=O) groups is 1. The Balaban J connectivity index is 1.44. The van der Waals surface area contributed by atoms with E-state index in [1.165, 1.54) is 0 Å². The van der Waals surface area contributed by atoms with Crippen LogP contribution < -0.4 is 16.0 Å². The first kappa shape index (κ1) is 22.3. The van der Waals surface area contributed by atoms with E-state index in [-0.39, 0.29) is 18.1 Å². The third kappa shape index (κ3) is 5.28. The molecule has 1 aromatic heterocycles. The predicted octanol–water partition coefficient (Wildman–Crippen LogP) is 4.45. The van der Waals surface area contributed by atoms with Crippen LogP contribution in [-0.2, 0) is 4.84 Å². The number of hydrogen-bond acceptors (Lipinski definition) is 7. The molecule has 0 saturated carbocycles. The van der Waals surface area contributed by atoms with Crippen molar-refractivity contribution in [2.75, 3.05) is 19.0 Å². The summed E-state index contributed by atoms with van der Waals surface area (Å²) in [6.45, 7) is 0.952. The summed E-state index contributed by atoms with van der Waals surface area (Å²) in [5.41, 5.74) is 2.21. The molecule has 0 radical (unpaired) electrons. The summed E-state index contributed by atoms with van der Waals surface area (Å²) in [6, 6.07) is 19.1. The van der Waals surface area contributed by atoms with Gasteiger partial charge in [-0.2, -0.15) is 0 Å². The van der Waals surface area contributed by atoms with Crippen LogP contribution in [0.5, 0.6) is 5.75 Å². The second kappa shape index (κ2) is 10.6. The van der Waals surface area contributed by atoms with Gasteiger partial charge in [0.15, 0.2) is 0 Å². The Hall–Kier alpha value is -2.91. The molecule has 0 bridgehead atoms. The van der Waals surface area contributed by atoms with Crippen molar-refractivity contribution in [3.05, 3.63) is 84.2 Å². The van der Waals surface area contributed by atoms with Crippen molar-refractivity contribution in [2.45, 2.75) is 29.9 Å². The van der Waals surface area contributed by atoms with E-state index >= 15 is 0 Å². The van der Waals surface area contributed by atoms with Gasteiger partial charge in [0.25, 0.3) is 5.91 Å². The lowest BCUT2D eigenvalue weighted by atomic mass is 9.99. The molecule has 4 rings (SSSR count). The second-order valence-corrected chi connectivity index (χ2v) is 8.61. The highest BCUT2D eigenvalue weighted by molar-refractivity contribution is 7.97. The van der Waals surface area contributed by atoms with Crippen LogP contribution in [0.25, 0.3) is 0 Å². The number of nitrogens with zero attached hydrogens (tertiary/aromatic N) is 2. The second-order valence-electron chi connectivity index (χ2n) is 7.49. The van der Waals surface area contributed by atoms with Gasteiger partial charge in [0.2, 0.25) is 0 Å². The Morgan fingerprint density at radius 1 is 1.12 bits per heavy atom. The zero-order valence-corrected chi connectivity index (χ0v) is 18.6. The number of nitrogens with two attached hydrogens (primary N) is 1. The van der Waals surface area contributed by atoms with Crippen LogP contribution in [0.2, 0.25) is 0 Å². The van der Waals surface area contributed by atoms with Gasteiger partial charge in [0.1, 0.15) is 11.9 Å². The lowest BCUT2D eigenvalue weighted by Crippen LogP contribution is -2.32. The minimum atomic E-state index is -0.291. The van der Waals surface area contributed by atoms with E-state index < -0.39 is 0 Å². The third-order valence-corrected chi connectivity index (χ3v) is 6.64. The standard InChI is InChI=1S/C24H26N4O3S/c1-30-20-8-10-21(11-9-20)32-28-16-2-3-22(28)23(31-25)17-4-6-18(7-5-17)24(29)27-19-12-14-26-15-13-19/h4-15,22-23H,2-3,16,25H2,1H3,(H,26,27,29). The number of benzene rings is 2. The summed E-state index contributed by atoms with van der Waals surface area (Å²) in [5, 5.41) is 2.86. The first-order chi connectivity index (χ1) is 15.7. The number of anilines is 1. The highest BCUT2D eigenvalue weighted by atomic mass is 32.2. The Morgan fingerprint density at radius 3 is 2.50 bits per heavy atom. The largest absolute Gasteiger partial charge is 0.497 e. The lowest BCUT2D eigenvalue weighted by molar-refractivity contribution is 0.0145. The summed E-state index contributed by atoms with van der Waals surface area (Å²) >= 11 is 1.70. The zero-order valence-electron chi connectivity index (χ0n) is 17.8. The first-order valence-corrected chi connectivity index (χ1v) is 11.2. The van der Waals surface area contributed by atoms with Crippen LogP contribution in [0.15, 0.2) is 78.0 Å². The van der Waals surface area contributed by atoms with Crippen LogP contribution in [-0.4, -0.2) is 34.9 Å². The average molecular weight is 451 g/mol. The monoisotopic (exact) mass is 450 g/mol. The fourth-order valence-corrected chi connectivity index (χ4v) is 4.91. The topological polar surface area (TPSA) is 89.7 Å². The van der Waals surface area contributed by atoms with Crippen LogP contribution in [0.3, 0.4) is 0 Å². The Labute approximate surface area is 192 Å². The Kier molecular flexibility index (Phi) is 7.39. The van der Waals surface area contributed by atoms with E-state index in [9.17, 15) is 4.79 Å². The summed E-state index contributed by atoms with van der Waals surface area (Å²) in [6.07, 6.45) is 5.04. The van der Waals surface area contributed by atoms with Gasteiger partial charge in [-0.15, -0.1) is 0 Å². The highest BCUT2D eigenvalue weighted by Gasteiger charge is 2.34. The Bertz CT molecular complexity index is 1020. The molecule has 2 aromatic carbocycles. The van der Waals surface area contributed by atoms with Crippen molar-refractivity contribution in [2.24, 2.45) is 5.90 Å². The lowest BCUT2D eigenvalue weighted by Gasteiger charge is -2.29. The van der Waals surface area contributed by atoms with Gasteiger partial charge in [-0.3, -0.25) is 14.6 Å². The van der Waals surface area contributed by atoms with E-state index in [0.717, 1.165) is 35.6 Å². The molecule has 1 saturated heterocycles. The SMILES string of the molecule is COc1ccc(SN2CCCC2C(ON)c2ccc(C(=O)Nc3ccncc3)cc2)cc1. The number of amides is 1. The summed E-state index contributed by atoms with van der Waals surface area (Å²) in [4.78, 5) is 23.0. The predicted molar refractivity (Wildman–Crippen MR) is 125 cm³/mol. The van der Waals surface area contributed by atoms with Gasteiger partial charge in [-0.1, -0.05) is 12.1 Å². The molecule has 0 aliphatic carbocycles. The Morgan fingerprint density at radius 2 is 1.84 bits per heavy atom. The van der Waals surface area contributed by atoms with Gasteiger partial charge < -0.3 is 10.1 Å².